The van der Waals surface area contributed by atoms with Crippen molar-refractivity contribution >= 4 is 29.3 Å². The van der Waals surface area contributed by atoms with E-state index < -0.39 is 0 Å². The van der Waals surface area contributed by atoms with Gasteiger partial charge in [-0.3, -0.25) is 0 Å². The van der Waals surface area contributed by atoms with Crippen LogP contribution in [0.4, 0.5) is 0 Å². The molecule has 1 aliphatic heterocycles. The molecular weight excluding hydrogens is 208 g/mol. The van der Waals surface area contributed by atoms with E-state index in [1.165, 1.54) is 0 Å². The SMILES string of the molecule is CCOC(=O)C1=C(Cl)SC(CC)C1. The van der Waals surface area contributed by atoms with Crippen LogP contribution in [-0.4, -0.2) is 17.8 Å². The van der Waals surface area contributed by atoms with Crippen molar-refractivity contribution in [1.82, 2.24) is 0 Å². The van der Waals surface area contributed by atoms with Crippen LogP contribution < -0.4 is 0 Å². The van der Waals surface area contributed by atoms with Crippen LogP contribution in [0.3, 0.4) is 0 Å². The van der Waals surface area contributed by atoms with E-state index in [1.54, 1.807) is 18.7 Å². The molecule has 1 aliphatic rings. The molecule has 13 heavy (non-hydrogen) atoms. The average molecular weight is 221 g/mol. The van der Waals surface area contributed by atoms with E-state index in [-0.39, 0.29) is 5.97 Å². The van der Waals surface area contributed by atoms with Gasteiger partial charge in [0.1, 0.15) is 0 Å². The maximum Gasteiger partial charge on any atom is 0.336 e. The van der Waals surface area contributed by atoms with Gasteiger partial charge in [-0.2, -0.15) is 0 Å². The Morgan fingerprint density at radius 1 is 1.69 bits per heavy atom. The number of ether oxygens (including phenoxy) is 1. The number of hydrogen-bond donors (Lipinski definition) is 0. The third kappa shape index (κ3) is 2.64. The average Bonchev–Trinajstić information content (AvgIpc) is 2.47. The van der Waals surface area contributed by atoms with Crippen molar-refractivity contribution in [2.75, 3.05) is 6.61 Å². The first-order chi connectivity index (χ1) is 6.19. The van der Waals surface area contributed by atoms with Crippen molar-refractivity contribution in [1.29, 1.82) is 0 Å². The summed E-state index contributed by atoms with van der Waals surface area (Å²) in [5.41, 5.74) is 0.653. The first kappa shape index (κ1) is 10.9. The van der Waals surface area contributed by atoms with E-state index in [0.717, 1.165) is 12.8 Å². The van der Waals surface area contributed by atoms with Crippen molar-refractivity contribution in [3.05, 3.63) is 9.94 Å². The van der Waals surface area contributed by atoms with Gasteiger partial charge >= 0.3 is 5.97 Å². The third-order valence-corrected chi connectivity index (χ3v) is 3.70. The van der Waals surface area contributed by atoms with E-state index in [1.807, 2.05) is 0 Å². The number of rotatable bonds is 3. The van der Waals surface area contributed by atoms with Gasteiger partial charge in [-0.25, -0.2) is 4.79 Å². The molecule has 0 fully saturated rings. The molecule has 0 bridgehead atoms. The molecule has 1 atom stereocenters. The van der Waals surface area contributed by atoms with Crippen molar-refractivity contribution in [3.63, 3.8) is 0 Å². The molecule has 4 heteroatoms. The minimum Gasteiger partial charge on any atom is -0.463 e. The maximum atomic E-state index is 11.3. The lowest BCUT2D eigenvalue weighted by Gasteiger charge is -2.04. The molecular formula is C9H13ClO2S. The first-order valence-electron chi connectivity index (χ1n) is 4.41. The van der Waals surface area contributed by atoms with E-state index in [4.69, 9.17) is 16.3 Å². The van der Waals surface area contributed by atoms with Crippen LogP contribution in [0.5, 0.6) is 0 Å². The Morgan fingerprint density at radius 3 is 2.85 bits per heavy atom. The molecule has 0 aliphatic carbocycles. The highest BCUT2D eigenvalue weighted by Crippen LogP contribution is 2.41. The molecule has 0 aromatic heterocycles. The number of thioether (sulfide) groups is 1. The monoisotopic (exact) mass is 220 g/mol. The van der Waals surface area contributed by atoms with Crippen molar-refractivity contribution in [2.45, 2.75) is 31.9 Å². The zero-order chi connectivity index (χ0) is 9.84. The summed E-state index contributed by atoms with van der Waals surface area (Å²) in [5.74, 6) is -0.254. The molecule has 74 valence electrons. The number of carbonyl (C=O) groups is 1. The second-order valence-corrected chi connectivity index (χ2v) is 4.74. The van der Waals surface area contributed by atoms with Gasteiger partial charge in [0, 0.05) is 5.25 Å². The molecule has 0 radical (unpaired) electrons. The van der Waals surface area contributed by atoms with E-state index in [2.05, 4.69) is 6.92 Å². The van der Waals surface area contributed by atoms with Crippen LogP contribution in [0.1, 0.15) is 26.7 Å². The summed E-state index contributed by atoms with van der Waals surface area (Å²) >= 11 is 7.50. The summed E-state index contributed by atoms with van der Waals surface area (Å²) in [7, 11) is 0. The number of halogens is 1. The molecule has 2 nitrogen and oxygen atoms in total. The Kier molecular flexibility index (Phi) is 4.13. The lowest BCUT2D eigenvalue weighted by atomic mass is 10.1. The lowest BCUT2D eigenvalue weighted by molar-refractivity contribution is -0.138. The summed E-state index contributed by atoms with van der Waals surface area (Å²) in [6.45, 7) is 4.30. The third-order valence-electron chi connectivity index (χ3n) is 1.92. The highest BCUT2D eigenvalue weighted by molar-refractivity contribution is 8.05. The molecule has 0 amide bonds. The number of carbonyl (C=O) groups excluding carboxylic acids is 1. The van der Waals surface area contributed by atoms with Gasteiger partial charge in [-0.1, -0.05) is 18.5 Å². The largest absolute Gasteiger partial charge is 0.463 e. The molecule has 0 saturated carbocycles. The van der Waals surface area contributed by atoms with Gasteiger partial charge in [0.2, 0.25) is 0 Å². The van der Waals surface area contributed by atoms with E-state index in [9.17, 15) is 4.79 Å². The molecule has 1 unspecified atom stereocenters. The molecule has 0 N–H and O–H groups in total. The summed E-state index contributed by atoms with van der Waals surface area (Å²) in [4.78, 5) is 11.3. The first-order valence-corrected chi connectivity index (χ1v) is 5.67. The lowest BCUT2D eigenvalue weighted by Crippen LogP contribution is -2.08. The normalized spacial score (nSPS) is 22.2. The Balaban J connectivity index is 2.59. The minimum atomic E-state index is -0.254. The van der Waals surface area contributed by atoms with Gasteiger partial charge < -0.3 is 4.74 Å². The van der Waals surface area contributed by atoms with E-state index in [0.29, 0.717) is 21.8 Å². The Hall–Kier alpha value is -0.150. The Bertz CT molecular complexity index is 238. The number of hydrogen-bond acceptors (Lipinski definition) is 3. The van der Waals surface area contributed by atoms with Crippen molar-refractivity contribution < 1.29 is 9.53 Å². The summed E-state index contributed by atoms with van der Waals surface area (Å²) in [6, 6.07) is 0. The summed E-state index contributed by atoms with van der Waals surface area (Å²) in [6.07, 6.45) is 1.78. The summed E-state index contributed by atoms with van der Waals surface area (Å²) < 4.78 is 5.51. The fraction of sp³-hybridized carbons (Fsp3) is 0.667. The molecule has 1 rings (SSSR count). The van der Waals surface area contributed by atoms with Gasteiger partial charge in [0.15, 0.2) is 0 Å². The fourth-order valence-corrected chi connectivity index (χ4v) is 2.73. The Labute approximate surface area is 87.7 Å². The highest BCUT2D eigenvalue weighted by atomic mass is 35.5. The second-order valence-electron chi connectivity index (χ2n) is 2.82. The van der Waals surface area contributed by atoms with Crippen LogP contribution in [0.2, 0.25) is 0 Å². The number of esters is 1. The maximum absolute atomic E-state index is 11.3. The zero-order valence-corrected chi connectivity index (χ0v) is 9.37. The van der Waals surface area contributed by atoms with Gasteiger partial charge in [0.05, 0.1) is 16.5 Å². The van der Waals surface area contributed by atoms with Crippen LogP contribution >= 0.6 is 23.4 Å². The topological polar surface area (TPSA) is 26.3 Å². The van der Waals surface area contributed by atoms with Crippen LogP contribution in [0, 0.1) is 0 Å². The fourth-order valence-electron chi connectivity index (χ4n) is 1.18. The zero-order valence-electron chi connectivity index (χ0n) is 7.80. The van der Waals surface area contributed by atoms with Crippen molar-refractivity contribution in [3.8, 4) is 0 Å². The predicted molar refractivity (Wildman–Crippen MR) is 55.8 cm³/mol. The van der Waals surface area contributed by atoms with Gasteiger partial charge in [0.25, 0.3) is 0 Å². The predicted octanol–water partition coefficient (Wildman–Crippen LogP) is 2.92. The molecule has 1 heterocycles. The van der Waals surface area contributed by atoms with Gasteiger partial charge in [-0.05, 0) is 19.8 Å². The quantitative estimate of drug-likeness (QED) is 0.685. The second kappa shape index (κ2) is 4.91. The standard InChI is InChI=1S/C9H13ClO2S/c1-3-6-5-7(8(10)13-6)9(11)12-4-2/h6H,3-5H2,1-2H3. The molecule has 0 aromatic carbocycles. The van der Waals surface area contributed by atoms with Crippen LogP contribution in [0.15, 0.2) is 9.94 Å². The minimum absolute atomic E-state index is 0.254. The molecule has 0 saturated heterocycles. The molecule has 0 aromatic rings. The Morgan fingerprint density at radius 2 is 2.38 bits per heavy atom. The van der Waals surface area contributed by atoms with Crippen LogP contribution in [0.25, 0.3) is 0 Å². The molecule has 0 spiro atoms. The van der Waals surface area contributed by atoms with Gasteiger partial charge in [-0.15, -0.1) is 11.8 Å². The van der Waals surface area contributed by atoms with Crippen molar-refractivity contribution in [2.24, 2.45) is 0 Å². The van der Waals surface area contributed by atoms with Crippen LogP contribution in [-0.2, 0) is 9.53 Å². The highest BCUT2D eigenvalue weighted by Gasteiger charge is 2.27. The van der Waals surface area contributed by atoms with E-state index >= 15 is 0 Å². The summed E-state index contributed by atoms with van der Waals surface area (Å²) in [5, 5.41) is 0.451. The smallest absolute Gasteiger partial charge is 0.336 e.